The quantitative estimate of drug-likeness (QED) is 0.0977. The molecule has 0 rings (SSSR count). The van der Waals surface area contributed by atoms with Crippen LogP contribution in [0, 0.1) is 0 Å². The van der Waals surface area contributed by atoms with Crippen molar-refractivity contribution in [2.75, 3.05) is 12.3 Å². The monoisotopic (exact) mass is 496 g/mol. The number of aliphatic hydroxyl groups is 1. The molecular formula is C25H40N2O6S. The predicted octanol–water partition coefficient (Wildman–Crippen LogP) is 3.43. The largest absolute Gasteiger partial charge is 0.481 e. The van der Waals surface area contributed by atoms with Crippen LogP contribution in [0.4, 0.5) is 0 Å². The highest BCUT2D eigenvalue weighted by Gasteiger charge is 2.21. The number of amides is 1. The summed E-state index contributed by atoms with van der Waals surface area (Å²) in [5.74, 6) is -2.49. The van der Waals surface area contributed by atoms with E-state index in [2.05, 4.69) is 24.4 Å². The highest BCUT2D eigenvalue weighted by molar-refractivity contribution is 8.00. The number of carboxylic acid groups (broad SMARTS) is 2. The van der Waals surface area contributed by atoms with Crippen LogP contribution in [0.1, 0.15) is 58.3 Å². The van der Waals surface area contributed by atoms with Crippen molar-refractivity contribution >= 4 is 29.6 Å². The van der Waals surface area contributed by atoms with Crippen molar-refractivity contribution in [3.05, 3.63) is 48.6 Å². The van der Waals surface area contributed by atoms with E-state index in [1.165, 1.54) is 31.0 Å². The summed E-state index contributed by atoms with van der Waals surface area (Å²) in [5.41, 5.74) is 5.82. The number of carbonyl (C=O) groups is 3. The van der Waals surface area contributed by atoms with Crippen LogP contribution in [0.25, 0.3) is 0 Å². The number of nitrogens with two attached hydrogens (primary N) is 1. The maximum Gasteiger partial charge on any atom is 0.322 e. The van der Waals surface area contributed by atoms with E-state index in [4.69, 9.17) is 15.9 Å². The molecule has 9 heteroatoms. The zero-order valence-corrected chi connectivity index (χ0v) is 20.8. The number of thioether (sulfide) groups is 1. The van der Waals surface area contributed by atoms with Crippen molar-refractivity contribution in [3.63, 3.8) is 0 Å². The molecule has 3 unspecified atom stereocenters. The number of carbonyl (C=O) groups excluding carboxylic acids is 1. The average molecular weight is 497 g/mol. The molecule has 0 saturated heterocycles. The van der Waals surface area contributed by atoms with Gasteiger partial charge in [-0.3, -0.25) is 14.4 Å². The summed E-state index contributed by atoms with van der Waals surface area (Å²) in [6, 6.07) is -0.931. The molecule has 192 valence electrons. The maximum atomic E-state index is 11.9. The van der Waals surface area contributed by atoms with Crippen LogP contribution < -0.4 is 11.1 Å². The first kappa shape index (κ1) is 31.6. The number of unbranched alkanes of at least 4 members (excludes halogenated alkanes) is 3. The van der Waals surface area contributed by atoms with Crippen LogP contribution in [-0.2, 0) is 14.4 Å². The van der Waals surface area contributed by atoms with Gasteiger partial charge in [0.1, 0.15) is 6.54 Å². The van der Waals surface area contributed by atoms with Gasteiger partial charge in [0, 0.05) is 17.4 Å². The van der Waals surface area contributed by atoms with E-state index in [1.54, 1.807) is 12.2 Å². The van der Waals surface area contributed by atoms with E-state index in [0.29, 0.717) is 12.8 Å². The first-order chi connectivity index (χ1) is 16.3. The van der Waals surface area contributed by atoms with E-state index in [1.807, 2.05) is 24.3 Å². The van der Waals surface area contributed by atoms with Crippen molar-refractivity contribution in [1.82, 2.24) is 5.32 Å². The summed E-state index contributed by atoms with van der Waals surface area (Å²) < 4.78 is 0. The Morgan fingerprint density at radius 2 is 1.71 bits per heavy atom. The first-order valence-electron chi connectivity index (χ1n) is 11.7. The molecule has 0 aliphatic rings. The number of allylic oxidation sites excluding steroid dienone is 7. The Hall–Kier alpha value is -2.36. The Morgan fingerprint density at radius 1 is 0.971 bits per heavy atom. The molecule has 34 heavy (non-hydrogen) atoms. The summed E-state index contributed by atoms with van der Waals surface area (Å²) >= 11 is 1.26. The van der Waals surface area contributed by atoms with Crippen molar-refractivity contribution in [1.29, 1.82) is 0 Å². The van der Waals surface area contributed by atoms with Gasteiger partial charge in [0.2, 0.25) is 5.91 Å². The third kappa shape index (κ3) is 19.1. The summed E-state index contributed by atoms with van der Waals surface area (Å²) in [6.45, 7) is 1.68. The molecule has 6 N–H and O–H groups in total. The third-order valence-electron chi connectivity index (χ3n) is 4.67. The van der Waals surface area contributed by atoms with Crippen LogP contribution in [0.15, 0.2) is 48.6 Å². The highest BCUT2D eigenvalue weighted by atomic mass is 32.2. The number of carboxylic acids is 2. The highest BCUT2D eigenvalue weighted by Crippen LogP contribution is 2.21. The Bertz CT molecular complexity index is 706. The van der Waals surface area contributed by atoms with Crippen LogP contribution in [0.5, 0.6) is 0 Å². The summed E-state index contributed by atoms with van der Waals surface area (Å²) in [5, 5.41) is 29.8. The molecule has 0 fully saturated rings. The lowest BCUT2D eigenvalue weighted by atomic mass is 10.1. The van der Waals surface area contributed by atoms with Crippen molar-refractivity contribution in [2.24, 2.45) is 5.73 Å². The fourth-order valence-electron chi connectivity index (χ4n) is 2.77. The first-order valence-corrected chi connectivity index (χ1v) is 12.7. The lowest BCUT2D eigenvalue weighted by Crippen LogP contribution is -2.44. The van der Waals surface area contributed by atoms with E-state index in [9.17, 15) is 19.5 Å². The van der Waals surface area contributed by atoms with E-state index < -0.39 is 41.8 Å². The standard InChI is InChI=1S/C25H40N2O6S/c1-2-3-4-5-6-7-8-9-10-11-12-13-16-22(21(28)15-14-17-23(29)30)34-19-20(26)25(33)27-18-24(31)32/h6-7,9-13,16,20-22,28H,2-5,8,14-15,17-19,26H2,1H3,(H,27,33)(H,29,30)(H,31,32). The fraction of sp³-hybridized carbons (Fsp3) is 0.560. The number of hydrogen-bond acceptors (Lipinski definition) is 6. The van der Waals surface area contributed by atoms with Gasteiger partial charge in [-0.15, -0.1) is 11.8 Å². The maximum absolute atomic E-state index is 11.9. The SMILES string of the molecule is CCCCCC=CCC=CC=CC=CC(SCC(N)C(=O)NCC(=O)O)C(O)CCCC(=O)O. The molecule has 0 aliphatic carbocycles. The molecule has 0 radical (unpaired) electrons. The summed E-state index contributed by atoms with van der Waals surface area (Å²) in [7, 11) is 0. The number of nitrogens with one attached hydrogen (secondary N) is 1. The molecule has 0 aromatic heterocycles. The van der Waals surface area contributed by atoms with Gasteiger partial charge < -0.3 is 26.4 Å². The minimum Gasteiger partial charge on any atom is -0.481 e. The van der Waals surface area contributed by atoms with E-state index in [0.717, 1.165) is 12.8 Å². The normalized spacial score (nSPS) is 14.8. The van der Waals surface area contributed by atoms with Crippen molar-refractivity contribution in [2.45, 2.75) is 75.7 Å². The second-order valence-corrected chi connectivity index (χ2v) is 8.98. The van der Waals surface area contributed by atoms with Gasteiger partial charge in [-0.25, -0.2) is 0 Å². The van der Waals surface area contributed by atoms with Crippen molar-refractivity contribution in [3.8, 4) is 0 Å². The van der Waals surface area contributed by atoms with Crippen LogP contribution in [-0.4, -0.2) is 62.9 Å². The second kappa shape index (κ2) is 21.2. The lowest BCUT2D eigenvalue weighted by Gasteiger charge is -2.21. The smallest absolute Gasteiger partial charge is 0.322 e. The van der Waals surface area contributed by atoms with E-state index in [-0.39, 0.29) is 12.2 Å². The number of aliphatic hydroxyl groups excluding tert-OH is 1. The van der Waals surface area contributed by atoms with Gasteiger partial charge in [-0.2, -0.15) is 0 Å². The Labute approximate surface area is 207 Å². The van der Waals surface area contributed by atoms with Crippen LogP contribution in [0.2, 0.25) is 0 Å². The molecule has 3 atom stereocenters. The van der Waals surface area contributed by atoms with Gasteiger partial charge in [0.25, 0.3) is 0 Å². The van der Waals surface area contributed by atoms with E-state index >= 15 is 0 Å². The Morgan fingerprint density at radius 3 is 2.38 bits per heavy atom. The molecule has 0 bridgehead atoms. The van der Waals surface area contributed by atoms with Crippen LogP contribution in [0.3, 0.4) is 0 Å². The predicted molar refractivity (Wildman–Crippen MR) is 138 cm³/mol. The number of hydrogen-bond donors (Lipinski definition) is 5. The minimum atomic E-state index is -1.16. The minimum absolute atomic E-state index is 0.0347. The lowest BCUT2D eigenvalue weighted by molar-refractivity contribution is -0.138. The second-order valence-electron chi connectivity index (χ2n) is 7.77. The number of rotatable bonds is 20. The van der Waals surface area contributed by atoms with Gasteiger partial charge in [0.05, 0.1) is 12.1 Å². The molecule has 1 amide bonds. The molecule has 0 spiro atoms. The van der Waals surface area contributed by atoms with Gasteiger partial charge in [0.15, 0.2) is 0 Å². The Kier molecular flexibility index (Phi) is 19.7. The summed E-state index contributed by atoms with van der Waals surface area (Å²) in [4.78, 5) is 33.2. The van der Waals surface area contributed by atoms with Gasteiger partial charge >= 0.3 is 11.9 Å². The molecule has 0 aliphatic heterocycles. The number of aliphatic carboxylic acids is 2. The Balaban J connectivity index is 4.70. The molecule has 0 heterocycles. The third-order valence-corrected chi connectivity index (χ3v) is 6.08. The molecule has 0 aromatic carbocycles. The zero-order chi connectivity index (χ0) is 25.6. The summed E-state index contributed by atoms with van der Waals surface area (Å²) in [6.07, 6.45) is 21.1. The topological polar surface area (TPSA) is 150 Å². The van der Waals surface area contributed by atoms with Gasteiger partial charge in [-0.05, 0) is 32.1 Å². The molecule has 0 aromatic rings. The average Bonchev–Trinajstić information content (AvgIpc) is 2.79. The zero-order valence-electron chi connectivity index (χ0n) is 20.0. The molecule has 8 nitrogen and oxygen atoms in total. The molecule has 0 saturated carbocycles. The van der Waals surface area contributed by atoms with Crippen LogP contribution >= 0.6 is 11.8 Å². The fourth-order valence-corrected chi connectivity index (χ4v) is 3.91. The van der Waals surface area contributed by atoms with Gasteiger partial charge in [-0.1, -0.05) is 68.4 Å². The molecular weight excluding hydrogens is 456 g/mol. The van der Waals surface area contributed by atoms with Crippen molar-refractivity contribution < 1.29 is 29.7 Å².